The zero-order valence-electron chi connectivity index (χ0n) is 14.8. The van der Waals surface area contributed by atoms with Crippen molar-refractivity contribution < 1.29 is 14.6 Å². The van der Waals surface area contributed by atoms with Gasteiger partial charge in [-0.1, -0.05) is 31.4 Å². The van der Waals surface area contributed by atoms with Gasteiger partial charge in [0.15, 0.2) is 0 Å². The maximum absolute atomic E-state index is 12.3. The number of carbonyl (C=O) groups is 1. The smallest absolute Gasteiger partial charge is 0.309 e. The number of allylic oxidation sites excluding steroid dienone is 1. The third-order valence-electron chi connectivity index (χ3n) is 6.55. The topological polar surface area (TPSA) is 59.4 Å². The monoisotopic (exact) mass is 341 g/mol. The van der Waals surface area contributed by atoms with Gasteiger partial charge >= 0.3 is 5.97 Å². The van der Waals surface area contributed by atoms with E-state index in [0.717, 1.165) is 12.1 Å². The van der Waals surface area contributed by atoms with E-state index in [4.69, 9.17) is 4.74 Å². The first-order valence-corrected chi connectivity index (χ1v) is 9.63. The van der Waals surface area contributed by atoms with E-state index < -0.39 is 0 Å². The minimum absolute atomic E-state index is 0.00626. The molecule has 1 saturated heterocycles. The number of hydrogen-bond donors (Lipinski definition) is 1. The Morgan fingerprint density at radius 1 is 1.32 bits per heavy atom. The summed E-state index contributed by atoms with van der Waals surface area (Å²) in [4.78, 5) is 16.8. The van der Waals surface area contributed by atoms with Crippen molar-refractivity contribution in [3.63, 3.8) is 0 Å². The molecule has 1 aromatic heterocycles. The maximum Gasteiger partial charge on any atom is 0.309 e. The van der Waals surface area contributed by atoms with Crippen molar-refractivity contribution in [2.24, 2.45) is 29.6 Å². The summed E-state index contributed by atoms with van der Waals surface area (Å²) in [6.07, 6.45) is 10.5. The van der Waals surface area contributed by atoms with Gasteiger partial charge in [-0.2, -0.15) is 0 Å². The molecule has 6 atom stereocenters. The Balaban J connectivity index is 1.63. The molecule has 2 saturated carbocycles. The van der Waals surface area contributed by atoms with Crippen LogP contribution in [0.4, 0.5) is 0 Å². The van der Waals surface area contributed by atoms with Crippen LogP contribution in [-0.4, -0.2) is 22.2 Å². The fourth-order valence-electron chi connectivity index (χ4n) is 5.48. The first kappa shape index (κ1) is 16.8. The minimum atomic E-state index is -0.0418. The second kappa shape index (κ2) is 6.91. The van der Waals surface area contributed by atoms with E-state index >= 15 is 0 Å². The van der Waals surface area contributed by atoms with Crippen molar-refractivity contribution in [2.75, 3.05) is 0 Å². The number of ether oxygens (including phenoxy) is 1. The summed E-state index contributed by atoms with van der Waals surface area (Å²) < 4.78 is 5.61. The van der Waals surface area contributed by atoms with Crippen LogP contribution in [0.1, 0.15) is 50.4 Å². The van der Waals surface area contributed by atoms with Gasteiger partial charge in [-0.05, 0) is 55.7 Å². The number of carbonyl (C=O) groups excluding carboxylic acids is 1. The Labute approximate surface area is 149 Å². The van der Waals surface area contributed by atoms with E-state index in [1.54, 1.807) is 0 Å². The standard InChI is InChI=1S/C21H27NO3/c1-13-20-18(10-9-15-6-4-7-16(12-23)22-15)17-8-3-2-5-14(17)11-19(20)21(24)25-13/h4,6-7,9-10,13-14,17-20,23H,2-3,5,8,11-12H2,1H3/b10-9+/t13-,14+,17-,18+,19-,20+/m1/s1. The summed E-state index contributed by atoms with van der Waals surface area (Å²) in [6, 6.07) is 5.72. The molecular formula is C21H27NO3. The molecule has 4 heteroatoms. The molecule has 0 amide bonds. The zero-order valence-corrected chi connectivity index (χ0v) is 14.8. The Kier molecular flexibility index (Phi) is 4.63. The van der Waals surface area contributed by atoms with Crippen molar-refractivity contribution in [1.82, 2.24) is 4.98 Å². The highest BCUT2D eigenvalue weighted by atomic mass is 16.6. The highest BCUT2D eigenvalue weighted by Crippen LogP contribution is 2.53. The van der Waals surface area contributed by atoms with Crippen LogP contribution >= 0.6 is 0 Å². The van der Waals surface area contributed by atoms with Crippen LogP contribution in [-0.2, 0) is 16.1 Å². The van der Waals surface area contributed by atoms with Gasteiger partial charge in [-0.15, -0.1) is 0 Å². The molecule has 0 spiro atoms. The fraction of sp³-hybridized carbons (Fsp3) is 0.619. The van der Waals surface area contributed by atoms with Crippen LogP contribution in [0.25, 0.3) is 6.08 Å². The number of hydrogen-bond acceptors (Lipinski definition) is 4. The predicted octanol–water partition coefficient (Wildman–Crippen LogP) is 3.59. The van der Waals surface area contributed by atoms with Crippen LogP contribution < -0.4 is 0 Å². The summed E-state index contributed by atoms with van der Waals surface area (Å²) in [6.45, 7) is 2.01. The fourth-order valence-corrected chi connectivity index (χ4v) is 5.48. The Morgan fingerprint density at radius 3 is 3.00 bits per heavy atom. The molecule has 1 N–H and O–H groups in total. The molecule has 0 radical (unpaired) electrons. The second-order valence-electron chi connectivity index (χ2n) is 7.92. The van der Waals surface area contributed by atoms with Gasteiger partial charge in [0.25, 0.3) is 0 Å². The number of fused-ring (bicyclic) bond motifs is 2. The first-order valence-electron chi connectivity index (χ1n) is 9.63. The van der Waals surface area contributed by atoms with E-state index in [9.17, 15) is 9.90 Å². The van der Waals surface area contributed by atoms with Gasteiger partial charge < -0.3 is 9.84 Å². The molecule has 2 aliphatic carbocycles. The molecule has 4 rings (SSSR count). The van der Waals surface area contributed by atoms with Crippen molar-refractivity contribution >= 4 is 12.0 Å². The van der Waals surface area contributed by atoms with Crippen molar-refractivity contribution in [3.05, 3.63) is 35.7 Å². The Hall–Kier alpha value is -1.68. The predicted molar refractivity (Wildman–Crippen MR) is 95.3 cm³/mol. The van der Waals surface area contributed by atoms with E-state index in [1.165, 1.54) is 25.7 Å². The average Bonchev–Trinajstić information content (AvgIpc) is 2.93. The highest BCUT2D eigenvalue weighted by molar-refractivity contribution is 5.75. The molecule has 0 aromatic carbocycles. The number of aliphatic hydroxyl groups excluding tert-OH is 1. The molecule has 25 heavy (non-hydrogen) atoms. The number of rotatable bonds is 3. The Morgan fingerprint density at radius 2 is 2.16 bits per heavy atom. The van der Waals surface area contributed by atoms with E-state index in [0.29, 0.717) is 29.4 Å². The van der Waals surface area contributed by atoms with Crippen molar-refractivity contribution in [1.29, 1.82) is 0 Å². The largest absolute Gasteiger partial charge is 0.462 e. The normalized spacial score (nSPS) is 37.6. The maximum atomic E-state index is 12.3. The van der Waals surface area contributed by atoms with E-state index in [2.05, 4.69) is 24.1 Å². The molecule has 3 fully saturated rings. The lowest BCUT2D eigenvalue weighted by Crippen LogP contribution is -2.42. The lowest BCUT2D eigenvalue weighted by Gasteiger charge is -2.45. The Bertz CT molecular complexity index is 671. The molecule has 0 unspecified atom stereocenters. The van der Waals surface area contributed by atoms with Crippen LogP contribution in [0, 0.1) is 29.6 Å². The number of cyclic esters (lactones) is 1. The third-order valence-corrected chi connectivity index (χ3v) is 6.55. The van der Waals surface area contributed by atoms with E-state index in [-0.39, 0.29) is 24.6 Å². The summed E-state index contributed by atoms with van der Waals surface area (Å²) >= 11 is 0. The van der Waals surface area contributed by atoms with Crippen LogP contribution in [0.5, 0.6) is 0 Å². The summed E-state index contributed by atoms with van der Waals surface area (Å²) in [5.74, 6) is 2.07. The SMILES string of the molecule is C[C@H]1OC(=O)[C@@H]2C[C@@H]3CCCC[C@H]3[C@H](/C=C/c3cccc(CO)n3)[C@H]12. The molecule has 134 valence electrons. The average molecular weight is 341 g/mol. The van der Waals surface area contributed by atoms with Crippen LogP contribution in [0.2, 0.25) is 0 Å². The summed E-state index contributed by atoms with van der Waals surface area (Å²) in [5.41, 5.74) is 1.56. The summed E-state index contributed by atoms with van der Waals surface area (Å²) in [7, 11) is 0. The van der Waals surface area contributed by atoms with E-state index in [1.807, 2.05) is 18.2 Å². The molecule has 0 bridgehead atoms. The molecular weight excluding hydrogens is 314 g/mol. The quantitative estimate of drug-likeness (QED) is 0.854. The van der Waals surface area contributed by atoms with Gasteiger partial charge in [-0.3, -0.25) is 9.78 Å². The lowest BCUT2D eigenvalue weighted by atomic mass is 9.57. The van der Waals surface area contributed by atoms with Gasteiger partial charge in [0, 0.05) is 5.92 Å². The molecule has 3 aliphatic rings. The van der Waals surface area contributed by atoms with Gasteiger partial charge in [0.05, 0.1) is 23.9 Å². The molecule has 1 aromatic rings. The van der Waals surface area contributed by atoms with Crippen molar-refractivity contribution in [3.8, 4) is 0 Å². The van der Waals surface area contributed by atoms with Gasteiger partial charge in [-0.25, -0.2) is 0 Å². The summed E-state index contributed by atoms with van der Waals surface area (Å²) in [5, 5.41) is 9.28. The third kappa shape index (κ3) is 3.12. The number of esters is 1. The van der Waals surface area contributed by atoms with Crippen LogP contribution in [0.3, 0.4) is 0 Å². The molecule has 1 aliphatic heterocycles. The minimum Gasteiger partial charge on any atom is -0.462 e. The van der Waals surface area contributed by atoms with Gasteiger partial charge in [0.2, 0.25) is 0 Å². The molecule has 2 heterocycles. The van der Waals surface area contributed by atoms with Crippen LogP contribution in [0.15, 0.2) is 24.3 Å². The number of aliphatic hydroxyl groups is 1. The zero-order chi connectivity index (χ0) is 17.4. The lowest BCUT2D eigenvalue weighted by molar-refractivity contribution is -0.144. The molecule has 4 nitrogen and oxygen atoms in total. The van der Waals surface area contributed by atoms with Gasteiger partial charge in [0.1, 0.15) is 6.10 Å². The number of pyridine rings is 1. The second-order valence-corrected chi connectivity index (χ2v) is 7.92. The number of nitrogens with zero attached hydrogens (tertiary/aromatic N) is 1. The highest BCUT2D eigenvalue weighted by Gasteiger charge is 2.53. The number of aromatic nitrogens is 1. The first-order chi connectivity index (χ1) is 12.2. The van der Waals surface area contributed by atoms with Crippen molar-refractivity contribution in [2.45, 2.75) is 51.7 Å².